The smallest absolute Gasteiger partial charge is 0.337 e. The first kappa shape index (κ1) is 12.7. The third-order valence-corrected chi connectivity index (χ3v) is 3.28. The van der Waals surface area contributed by atoms with E-state index in [4.69, 9.17) is 10.8 Å². The number of hydrogen-bond acceptors (Lipinski definition) is 4. The number of carbonyl (C=O) groups is 1. The molecule has 0 bridgehead atoms. The van der Waals surface area contributed by atoms with E-state index in [9.17, 15) is 4.79 Å². The van der Waals surface area contributed by atoms with Gasteiger partial charge in [0.05, 0.1) is 16.9 Å². The molecule has 0 unspecified atom stereocenters. The monoisotopic (exact) mass is 249 g/mol. The summed E-state index contributed by atoms with van der Waals surface area (Å²) in [6.45, 7) is 4.07. The summed E-state index contributed by atoms with van der Waals surface area (Å²) in [4.78, 5) is 13.3. The average molecular weight is 249 g/mol. The van der Waals surface area contributed by atoms with Gasteiger partial charge in [-0.3, -0.25) is 0 Å². The van der Waals surface area contributed by atoms with Crippen molar-refractivity contribution < 1.29 is 9.90 Å². The molecule has 0 radical (unpaired) electrons. The molecule has 0 saturated carbocycles. The summed E-state index contributed by atoms with van der Waals surface area (Å²) in [6, 6.07) is 5.03. The maximum atomic E-state index is 10.9. The largest absolute Gasteiger partial charge is 0.478 e. The molecule has 1 aromatic rings. The van der Waals surface area contributed by atoms with E-state index in [1.807, 2.05) is 6.07 Å². The predicted octanol–water partition coefficient (Wildman–Crippen LogP) is 1.47. The van der Waals surface area contributed by atoms with Crippen LogP contribution in [0.15, 0.2) is 18.2 Å². The molecule has 1 aliphatic rings. The van der Waals surface area contributed by atoms with Gasteiger partial charge in [-0.1, -0.05) is 6.07 Å². The molecule has 1 heterocycles. The van der Waals surface area contributed by atoms with Gasteiger partial charge in [-0.15, -0.1) is 0 Å². The zero-order valence-corrected chi connectivity index (χ0v) is 10.4. The fourth-order valence-electron chi connectivity index (χ4n) is 2.26. The number of nitrogen functional groups attached to an aromatic ring is 1. The quantitative estimate of drug-likeness (QED) is 0.689. The van der Waals surface area contributed by atoms with Gasteiger partial charge >= 0.3 is 5.97 Å². The van der Waals surface area contributed by atoms with E-state index in [2.05, 4.69) is 10.2 Å². The van der Waals surface area contributed by atoms with Gasteiger partial charge in [0.25, 0.3) is 0 Å². The highest BCUT2D eigenvalue weighted by Crippen LogP contribution is 2.22. The van der Waals surface area contributed by atoms with Gasteiger partial charge in [-0.2, -0.15) is 0 Å². The minimum absolute atomic E-state index is 0.154. The zero-order valence-electron chi connectivity index (χ0n) is 10.4. The van der Waals surface area contributed by atoms with E-state index < -0.39 is 5.97 Å². The molecule has 1 aromatic carbocycles. The summed E-state index contributed by atoms with van der Waals surface area (Å²) in [5.41, 5.74) is 6.99. The molecule has 18 heavy (non-hydrogen) atoms. The second kappa shape index (κ2) is 5.73. The number of benzene rings is 1. The minimum atomic E-state index is -0.990. The third kappa shape index (κ3) is 2.92. The summed E-state index contributed by atoms with van der Waals surface area (Å²) in [7, 11) is 0. The normalized spacial score (nSPS) is 15.8. The number of anilines is 2. The molecule has 1 fully saturated rings. The number of rotatable bonds is 5. The van der Waals surface area contributed by atoms with Crippen LogP contribution in [0.2, 0.25) is 0 Å². The van der Waals surface area contributed by atoms with E-state index >= 15 is 0 Å². The summed E-state index contributed by atoms with van der Waals surface area (Å²) in [5.74, 6) is -0.990. The summed E-state index contributed by atoms with van der Waals surface area (Å²) >= 11 is 0. The molecule has 98 valence electrons. The zero-order chi connectivity index (χ0) is 13.0. The van der Waals surface area contributed by atoms with Crippen molar-refractivity contribution in [3.63, 3.8) is 0 Å². The molecule has 0 amide bonds. The van der Waals surface area contributed by atoms with E-state index in [1.54, 1.807) is 6.07 Å². The maximum Gasteiger partial charge on any atom is 0.337 e. The van der Waals surface area contributed by atoms with Gasteiger partial charge in [0.1, 0.15) is 0 Å². The van der Waals surface area contributed by atoms with Gasteiger partial charge in [-0.05, 0) is 38.1 Å². The second-order valence-corrected chi connectivity index (χ2v) is 4.55. The van der Waals surface area contributed by atoms with E-state index in [-0.39, 0.29) is 5.56 Å². The van der Waals surface area contributed by atoms with E-state index in [1.165, 1.54) is 18.9 Å². The lowest BCUT2D eigenvalue weighted by molar-refractivity contribution is 0.0698. The fraction of sp³-hybridized carbons (Fsp3) is 0.462. The third-order valence-electron chi connectivity index (χ3n) is 3.28. The first-order valence-electron chi connectivity index (χ1n) is 6.26. The number of nitrogens with zero attached hydrogens (tertiary/aromatic N) is 1. The SMILES string of the molecule is Nc1c(NCCN2CCCC2)cccc1C(=O)O. The van der Waals surface area contributed by atoms with Crippen molar-refractivity contribution in [3.05, 3.63) is 23.8 Å². The van der Waals surface area contributed by atoms with Gasteiger partial charge in [0.15, 0.2) is 0 Å². The number of para-hydroxylation sites is 1. The van der Waals surface area contributed by atoms with Gasteiger partial charge in [0.2, 0.25) is 0 Å². The van der Waals surface area contributed by atoms with Crippen LogP contribution in [0.25, 0.3) is 0 Å². The number of nitrogens with two attached hydrogens (primary N) is 1. The fourth-order valence-corrected chi connectivity index (χ4v) is 2.26. The predicted molar refractivity (Wildman–Crippen MR) is 72.0 cm³/mol. The Kier molecular flexibility index (Phi) is 4.04. The summed E-state index contributed by atoms with van der Waals surface area (Å²) in [5, 5.41) is 12.2. The van der Waals surface area contributed by atoms with Gasteiger partial charge in [0, 0.05) is 13.1 Å². The Bertz CT molecular complexity index is 428. The van der Waals surface area contributed by atoms with E-state index in [0.29, 0.717) is 11.4 Å². The highest BCUT2D eigenvalue weighted by atomic mass is 16.4. The van der Waals surface area contributed by atoms with Crippen molar-refractivity contribution in [1.82, 2.24) is 4.90 Å². The lowest BCUT2D eigenvalue weighted by Crippen LogP contribution is -2.26. The molecule has 0 aliphatic carbocycles. The van der Waals surface area contributed by atoms with Crippen LogP contribution in [-0.2, 0) is 0 Å². The van der Waals surface area contributed by atoms with Crippen LogP contribution < -0.4 is 11.1 Å². The van der Waals surface area contributed by atoms with Crippen LogP contribution in [0.4, 0.5) is 11.4 Å². The number of carboxylic acid groups (broad SMARTS) is 1. The summed E-state index contributed by atoms with van der Waals surface area (Å²) in [6.07, 6.45) is 2.55. The van der Waals surface area contributed by atoms with E-state index in [0.717, 1.165) is 26.2 Å². The Morgan fingerprint density at radius 3 is 2.78 bits per heavy atom. The molecule has 0 spiro atoms. The standard InChI is InChI=1S/C13H19N3O2/c14-12-10(13(17)18)4-3-5-11(12)15-6-9-16-7-1-2-8-16/h3-5,15H,1-2,6-9,14H2,(H,17,18). The molecule has 1 saturated heterocycles. The van der Waals surface area contributed by atoms with Gasteiger partial charge < -0.3 is 21.1 Å². The highest BCUT2D eigenvalue weighted by molar-refractivity contribution is 5.97. The van der Waals surface area contributed by atoms with Crippen LogP contribution in [0.3, 0.4) is 0 Å². The van der Waals surface area contributed by atoms with Crippen molar-refractivity contribution in [1.29, 1.82) is 0 Å². The molecule has 0 atom stereocenters. The topological polar surface area (TPSA) is 78.6 Å². The van der Waals surface area contributed by atoms with Crippen molar-refractivity contribution in [2.45, 2.75) is 12.8 Å². The first-order valence-corrected chi connectivity index (χ1v) is 6.26. The number of hydrogen-bond donors (Lipinski definition) is 3. The Hall–Kier alpha value is -1.75. The average Bonchev–Trinajstić information content (AvgIpc) is 2.84. The minimum Gasteiger partial charge on any atom is -0.478 e. The molecule has 5 heteroatoms. The van der Waals surface area contributed by atoms with Gasteiger partial charge in [-0.25, -0.2) is 4.79 Å². The molecule has 0 aromatic heterocycles. The Labute approximate surface area is 107 Å². The van der Waals surface area contributed by atoms with Crippen LogP contribution in [0.1, 0.15) is 23.2 Å². The Balaban J connectivity index is 1.92. The van der Waals surface area contributed by atoms with Crippen LogP contribution >= 0.6 is 0 Å². The van der Waals surface area contributed by atoms with Crippen molar-refractivity contribution in [2.75, 3.05) is 37.2 Å². The lowest BCUT2D eigenvalue weighted by Gasteiger charge is -2.16. The van der Waals surface area contributed by atoms with Crippen molar-refractivity contribution in [2.24, 2.45) is 0 Å². The molecule has 2 rings (SSSR count). The molecule has 4 N–H and O–H groups in total. The summed E-state index contributed by atoms with van der Waals surface area (Å²) < 4.78 is 0. The van der Waals surface area contributed by atoms with Crippen LogP contribution in [0.5, 0.6) is 0 Å². The van der Waals surface area contributed by atoms with Crippen LogP contribution in [-0.4, -0.2) is 42.2 Å². The second-order valence-electron chi connectivity index (χ2n) is 4.55. The van der Waals surface area contributed by atoms with Crippen LogP contribution in [0, 0.1) is 0 Å². The number of nitrogens with one attached hydrogen (secondary N) is 1. The molecular weight excluding hydrogens is 230 g/mol. The highest BCUT2D eigenvalue weighted by Gasteiger charge is 2.12. The lowest BCUT2D eigenvalue weighted by atomic mass is 10.1. The molecule has 1 aliphatic heterocycles. The molecule has 5 nitrogen and oxygen atoms in total. The number of aromatic carboxylic acids is 1. The first-order chi connectivity index (χ1) is 8.68. The van der Waals surface area contributed by atoms with Crippen molar-refractivity contribution in [3.8, 4) is 0 Å². The maximum absolute atomic E-state index is 10.9. The number of likely N-dealkylation sites (tertiary alicyclic amines) is 1. The molecular formula is C13H19N3O2. The number of carboxylic acids is 1. The Morgan fingerprint density at radius 1 is 1.39 bits per heavy atom. The van der Waals surface area contributed by atoms with Crippen molar-refractivity contribution >= 4 is 17.3 Å². The Morgan fingerprint density at radius 2 is 2.11 bits per heavy atom.